The van der Waals surface area contributed by atoms with Crippen molar-refractivity contribution in [1.82, 2.24) is 9.78 Å². The molecule has 1 aromatic heterocycles. The summed E-state index contributed by atoms with van der Waals surface area (Å²) in [5.74, 6) is 0.234. The lowest BCUT2D eigenvalue weighted by atomic mass is 9.94. The first-order valence-corrected chi connectivity index (χ1v) is 10.8. The summed E-state index contributed by atoms with van der Waals surface area (Å²) in [5, 5.41) is 15.4. The van der Waals surface area contributed by atoms with Gasteiger partial charge < -0.3 is 5.11 Å². The van der Waals surface area contributed by atoms with Crippen LogP contribution in [0.4, 0.5) is 0 Å². The van der Waals surface area contributed by atoms with Crippen molar-refractivity contribution in [3.8, 4) is 17.0 Å². The third-order valence-corrected chi connectivity index (χ3v) is 5.66. The van der Waals surface area contributed by atoms with Gasteiger partial charge in [0.2, 0.25) is 5.88 Å². The zero-order valence-electron chi connectivity index (χ0n) is 18.3. The van der Waals surface area contributed by atoms with E-state index in [0.29, 0.717) is 0 Å². The number of hydrogen-bond acceptors (Lipinski definition) is 2. The molecule has 0 atom stereocenters. The van der Waals surface area contributed by atoms with E-state index in [1.165, 1.54) is 42.4 Å². The van der Waals surface area contributed by atoms with E-state index < -0.39 is 0 Å². The van der Waals surface area contributed by atoms with Crippen LogP contribution in [0.15, 0.2) is 54.7 Å². The van der Waals surface area contributed by atoms with Crippen molar-refractivity contribution in [3.63, 3.8) is 0 Å². The molecule has 0 spiro atoms. The van der Waals surface area contributed by atoms with Crippen molar-refractivity contribution >= 4 is 0 Å². The lowest BCUT2D eigenvalue weighted by Crippen LogP contribution is -2.29. The summed E-state index contributed by atoms with van der Waals surface area (Å²) in [7, 11) is 0. The quantitative estimate of drug-likeness (QED) is 0.415. The van der Waals surface area contributed by atoms with Crippen LogP contribution in [-0.2, 0) is 18.4 Å². The Bertz CT molecular complexity index is 905. The van der Waals surface area contributed by atoms with Gasteiger partial charge in [-0.3, -0.25) is 0 Å². The largest absolute Gasteiger partial charge is 0.493 e. The topological polar surface area (TPSA) is 38.0 Å². The predicted octanol–water partition coefficient (Wildman–Crippen LogP) is 6.66. The van der Waals surface area contributed by atoms with Crippen molar-refractivity contribution < 1.29 is 5.11 Å². The summed E-state index contributed by atoms with van der Waals surface area (Å²) in [6, 6.07) is 17.1. The molecule has 0 unspecified atom stereocenters. The maximum Gasteiger partial charge on any atom is 0.217 e. The SMILES string of the molecule is CCCCCCc1ccc(-c2cnn(C(C)(C)Cc3ccc(C)cc3)c2O)cc1. The third kappa shape index (κ3) is 5.29. The van der Waals surface area contributed by atoms with Crippen LogP contribution in [0.1, 0.15) is 63.1 Å². The van der Waals surface area contributed by atoms with E-state index in [-0.39, 0.29) is 11.4 Å². The lowest BCUT2D eigenvalue weighted by molar-refractivity contribution is 0.270. The molecule has 0 saturated carbocycles. The molecule has 0 aliphatic carbocycles. The predicted molar refractivity (Wildman–Crippen MR) is 121 cm³/mol. The second-order valence-electron chi connectivity index (χ2n) is 8.78. The van der Waals surface area contributed by atoms with Crippen molar-refractivity contribution in [2.45, 2.75) is 71.8 Å². The van der Waals surface area contributed by atoms with Gasteiger partial charge in [0.1, 0.15) is 0 Å². The number of benzene rings is 2. The fourth-order valence-corrected chi connectivity index (χ4v) is 3.88. The maximum absolute atomic E-state index is 10.9. The summed E-state index contributed by atoms with van der Waals surface area (Å²) < 4.78 is 1.75. The molecule has 3 heteroatoms. The first-order valence-electron chi connectivity index (χ1n) is 10.8. The second kappa shape index (κ2) is 9.30. The Morgan fingerprint density at radius 3 is 2.21 bits per heavy atom. The van der Waals surface area contributed by atoms with Crippen molar-refractivity contribution in [2.24, 2.45) is 0 Å². The van der Waals surface area contributed by atoms with Gasteiger partial charge in [0, 0.05) is 0 Å². The minimum atomic E-state index is -0.323. The summed E-state index contributed by atoms with van der Waals surface area (Å²) in [6.45, 7) is 8.56. The molecule has 0 radical (unpaired) electrons. The first kappa shape index (κ1) is 21.2. The molecule has 154 valence electrons. The van der Waals surface area contributed by atoms with E-state index in [0.717, 1.165) is 24.0 Å². The van der Waals surface area contributed by atoms with E-state index in [9.17, 15) is 5.11 Å². The highest BCUT2D eigenvalue weighted by atomic mass is 16.3. The second-order valence-corrected chi connectivity index (χ2v) is 8.78. The molecule has 3 nitrogen and oxygen atoms in total. The molecule has 0 aliphatic heterocycles. The van der Waals surface area contributed by atoms with Crippen LogP contribution in [0.5, 0.6) is 5.88 Å². The Morgan fingerprint density at radius 2 is 1.55 bits per heavy atom. The van der Waals surface area contributed by atoms with Gasteiger partial charge in [-0.15, -0.1) is 0 Å². The molecule has 1 N–H and O–H groups in total. The van der Waals surface area contributed by atoms with Crippen molar-refractivity contribution in [1.29, 1.82) is 0 Å². The molecule has 1 heterocycles. The smallest absolute Gasteiger partial charge is 0.217 e. The maximum atomic E-state index is 10.9. The molecular weight excluding hydrogens is 356 g/mol. The standard InChI is InChI=1S/C26H34N2O/c1-5-6-7-8-9-21-14-16-23(17-15-21)24-19-27-28(25(24)29)26(3,4)18-22-12-10-20(2)11-13-22/h10-17,19,29H,5-9,18H2,1-4H3. The highest BCUT2D eigenvalue weighted by molar-refractivity contribution is 5.68. The zero-order valence-corrected chi connectivity index (χ0v) is 18.3. The number of aromatic nitrogens is 2. The van der Waals surface area contributed by atoms with Crippen LogP contribution in [0, 0.1) is 6.92 Å². The van der Waals surface area contributed by atoms with Gasteiger partial charge in [-0.1, -0.05) is 80.3 Å². The molecule has 0 saturated heterocycles. The van der Waals surface area contributed by atoms with Crippen LogP contribution >= 0.6 is 0 Å². The molecule has 0 fully saturated rings. The summed E-state index contributed by atoms with van der Waals surface area (Å²) in [4.78, 5) is 0. The summed E-state index contributed by atoms with van der Waals surface area (Å²) in [6.07, 6.45) is 8.81. The van der Waals surface area contributed by atoms with Crippen LogP contribution in [0.2, 0.25) is 0 Å². The zero-order chi connectivity index (χ0) is 20.9. The first-order chi connectivity index (χ1) is 13.9. The molecule has 3 aromatic rings. The number of nitrogens with zero attached hydrogens (tertiary/aromatic N) is 2. The Balaban J connectivity index is 1.73. The highest BCUT2D eigenvalue weighted by Gasteiger charge is 2.26. The van der Waals surface area contributed by atoms with Gasteiger partial charge in [-0.25, -0.2) is 4.68 Å². The van der Waals surface area contributed by atoms with E-state index in [4.69, 9.17) is 0 Å². The van der Waals surface area contributed by atoms with E-state index in [1.807, 2.05) is 0 Å². The molecule has 29 heavy (non-hydrogen) atoms. The van der Waals surface area contributed by atoms with Crippen LogP contribution in [0.3, 0.4) is 0 Å². The Labute approximate surface area is 175 Å². The average Bonchev–Trinajstić information content (AvgIpc) is 3.10. The summed E-state index contributed by atoms with van der Waals surface area (Å²) >= 11 is 0. The molecule has 2 aromatic carbocycles. The Kier molecular flexibility index (Phi) is 6.79. The highest BCUT2D eigenvalue weighted by Crippen LogP contribution is 2.34. The van der Waals surface area contributed by atoms with Crippen LogP contribution in [0.25, 0.3) is 11.1 Å². The fraction of sp³-hybridized carbons (Fsp3) is 0.423. The number of hydrogen-bond donors (Lipinski definition) is 1. The minimum absolute atomic E-state index is 0.234. The third-order valence-electron chi connectivity index (χ3n) is 5.66. The summed E-state index contributed by atoms with van der Waals surface area (Å²) in [5.41, 5.74) is 5.33. The van der Waals surface area contributed by atoms with Crippen molar-refractivity contribution in [3.05, 3.63) is 71.4 Å². The van der Waals surface area contributed by atoms with Gasteiger partial charge in [-0.05, 0) is 56.7 Å². The Morgan fingerprint density at radius 1 is 0.897 bits per heavy atom. The van der Waals surface area contributed by atoms with Gasteiger partial charge >= 0.3 is 0 Å². The molecule has 0 aliphatic rings. The Hall–Kier alpha value is -2.55. The number of unbranched alkanes of at least 4 members (excludes halogenated alkanes) is 3. The number of rotatable bonds is 9. The molecular formula is C26H34N2O. The van der Waals surface area contributed by atoms with Gasteiger partial charge in [0.25, 0.3) is 0 Å². The lowest BCUT2D eigenvalue weighted by Gasteiger charge is -2.26. The van der Waals surface area contributed by atoms with E-state index in [1.54, 1.807) is 10.9 Å². The number of aromatic hydroxyl groups is 1. The molecule has 3 rings (SSSR count). The minimum Gasteiger partial charge on any atom is -0.493 e. The molecule has 0 amide bonds. The normalized spacial score (nSPS) is 11.7. The number of aryl methyl sites for hydroxylation is 2. The van der Waals surface area contributed by atoms with Crippen molar-refractivity contribution in [2.75, 3.05) is 0 Å². The average molecular weight is 391 g/mol. The van der Waals surface area contributed by atoms with E-state index in [2.05, 4.69) is 81.3 Å². The van der Waals surface area contributed by atoms with Crippen LogP contribution in [-0.4, -0.2) is 14.9 Å². The van der Waals surface area contributed by atoms with Gasteiger partial charge in [0.05, 0.1) is 17.3 Å². The fourth-order valence-electron chi connectivity index (χ4n) is 3.88. The van der Waals surface area contributed by atoms with E-state index >= 15 is 0 Å². The molecule has 0 bridgehead atoms. The van der Waals surface area contributed by atoms with Gasteiger partial charge in [-0.2, -0.15) is 5.10 Å². The van der Waals surface area contributed by atoms with Gasteiger partial charge in [0.15, 0.2) is 0 Å². The monoisotopic (exact) mass is 390 g/mol. The van der Waals surface area contributed by atoms with Crippen LogP contribution < -0.4 is 0 Å².